The SMILES string of the molecule is CCOC(=O)N1CCC(NCc2ccc(C(=O)NC(CCSC)C(=O)O)c(-c3ccccc3C)c2)CC1. The summed E-state index contributed by atoms with van der Waals surface area (Å²) in [6.45, 7) is 6.12. The number of carboxylic acid groups (broad SMARTS) is 1. The van der Waals surface area contributed by atoms with E-state index in [2.05, 4.69) is 10.6 Å². The Bertz CT molecular complexity index is 1090. The van der Waals surface area contributed by atoms with Crippen molar-refractivity contribution in [1.29, 1.82) is 0 Å². The Morgan fingerprint density at radius 1 is 1.14 bits per heavy atom. The summed E-state index contributed by atoms with van der Waals surface area (Å²) < 4.78 is 5.10. The van der Waals surface area contributed by atoms with E-state index in [4.69, 9.17) is 4.74 Å². The number of carbonyl (C=O) groups excluding carboxylic acids is 2. The van der Waals surface area contributed by atoms with Crippen LogP contribution in [0.4, 0.5) is 4.79 Å². The number of hydrogen-bond donors (Lipinski definition) is 3. The number of thioether (sulfide) groups is 1. The molecule has 3 N–H and O–H groups in total. The molecule has 1 heterocycles. The number of rotatable bonds is 11. The van der Waals surface area contributed by atoms with E-state index in [1.807, 2.05) is 56.5 Å². The zero-order valence-corrected chi connectivity index (χ0v) is 22.6. The van der Waals surface area contributed by atoms with Crippen molar-refractivity contribution in [2.24, 2.45) is 0 Å². The molecule has 3 rings (SSSR count). The molecule has 2 amide bonds. The first-order valence-corrected chi connectivity index (χ1v) is 14.1. The van der Waals surface area contributed by atoms with Crippen molar-refractivity contribution in [2.75, 3.05) is 31.7 Å². The van der Waals surface area contributed by atoms with E-state index in [1.54, 1.807) is 22.7 Å². The summed E-state index contributed by atoms with van der Waals surface area (Å²) in [5.41, 5.74) is 4.23. The molecule has 9 heteroatoms. The van der Waals surface area contributed by atoms with Gasteiger partial charge in [0, 0.05) is 31.2 Å². The molecule has 1 fully saturated rings. The number of benzene rings is 2. The van der Waals surface area contributed by atoms with Crippen molar-refractivity contribution in [3.63, 3.8) is 0 Å². The standard InChI is InChI=1S/C28H37N3O5S/c1-4-36-28(35)31-14-11-21(12-15-31)29-18-20-9-10-23(24(17-20)22-8-6-5-7-19(22)2)26(32)30-25(27(33)34)13-16-37-3/h5-10,17,21,25,29H,4,11-16,18H2,1-3H3,(H,30,32)(H,33,34). The fourth-order valence-electron chi connectivity index (χ4n) is 4.47. The minimum absolute atomic E-state index is 0.253. The summed E-state index contributed by atoms with van der Waals surface area (Å²) in [5, 5.41) is 15.9. The highest BCUT2D eigenvalue weighted by Gasteiger charge is 2.24. The summed E-state index contributed by atoms with van der Waals surface area (Å²) >= 11 is 1.55. The van der Waals surface area contributed by atoms with Crippen molar-refractivity contribution in [2.45, 2.75) is 51.7 Å². The Morgan fingerprint density at radius 2 is 1.86 bits per heavy atom. The van der Waals surface area contributed by atoms with Crippen LogP contribution in [0.5, 0.6) is 0 Å². The fraction of sp³-hybridized carbons (Fsp3) is 0.464. The Kier molecular flexibility index (Phi) is 10.8. The second kappa shape index (κ2) is 14.0. The number of amides is 2. The molecule has 200 valence electrons. The van der Waals surface area contributed by atoms with Crippen molar-refractivity contribution in [3.8, 4) is 11.1 Å². The molecular weight excluding hydrogens is 490 g/mol. The number of ether oxygens (including phenoxy) is 1. The summed E-state index contributed by atoms with van der Waals surface area (Å²) in [4.78, 5) is 38.6. The molecule has 1 aliphatic heterocycles. The molecule has 0 saturated carbocycles. The van der Waals surface area contributed by atoms with Gasteiger partial charge in [0.05, 0.1) is 6.61 Å². The highest BCUT2D eigenvalue weighted by atomic mass is 32.2. The first-order valence-electron chi connectivity index (χ1n) is 12.7. The lowest BCUT2D eigenvalue weighted by Crippen LogP contribution is -2.44. The summed E-state index contributed by atoms with van der Waals surface area (Å²) in [5.74, 6) is -0.780. The highest BCUT2D eigenvalue weighted by Crippen LogP contribution is 2.28. The lowest BCUT2D eigenvalue weighted by molar-refractivity contribution is -0.139. The summed E-state index contributed by atoms with van der Waals surface area (Å²) in [6, 6.07) is 12.9. The number of carboxylic acids is 1. The maximum Gasteiger partial charge on any atom is 0.409 e. The Morgan fingerprint density at radius 3 is 2.51 bits per heavy atom. The Hall–Kier alpha value is -3.04. The molecule has 1 saturated heterocycles. The van der Waals surface area contributed by atoms with Crippen LogP contribution < -0.4 is 10.6 Å². The number of carbonyl (C=O) groups is 3. The van der Waals surface area contributed by atoms with Gasteiger partial charge in [0.15, 0.2) is 0 Å². The van der Waals surface area contributed by atoms with E-state index in [1.165, 1.54) is 0 Å². The third-order valence-corrected chi connectivity index (χ3v) is 7.24. The molecule has 0 aromatic heterocycles. The quantitative estimate of drug-likeness (QED) is 0.400. The predicted molar refractivity (Wildman–Crippen MR) is 147 cm³/mol. The number of hydrogen-bond acceptors (Lipinski definition) is 6. The number of piperidine rings is 1. The zero-order chi connectivity index (χ0) is 26.8. The smallest absolute Gasteiger partial charge is 0.409 e. The fourth-order valence-corrected chi connectivity index (χ4v) is 4.94. The zero-order valence-electron chi connectivity index (χ0n) is 21.8. The number of aliphatic carboxylic acids is 1. The van der Waals surface area contributed by atoms with Crippen LogP contribution in [0.1, 0.15) is 47.7 Å². The number of aryl methyl sites for hydroxylation is 1. The van der Waals surface area contributed by atoms with Gasteiger partial charge in [-0.3, -0.25) is 4.79 Å². The van der Waals surface area contributed by atoms with Gasteiger partial charge in [-0.1, -0.05) is 30.3 Å². The van der Waals surface area contributed by atoms with E-state index < -0.39 is 17.9 Å². The highest BCUT2D eigenvalue weighted by molar-refractivity contribution is 7.98. The topological polar surface area (TPSA) is 108 Å². The van der Waals surface area contributed by atoms with Crippen LogP contribution in [-0.4, -0.2) is 71.8 Å². The van der Waals surface area contributed by atoms with Crippen molar-refractivity contribution in [1.82, 2.24) is 15.5 Å². The normalized spacial score (nSPS) is 14.7. The first kappa shape index (κ1) is 28.5. The Balaban J connectivity index is 1.75. The molecule has 2 aromatic rings. The van der Waals surface area contributed by atoms with E-state index in [9.17, 15) is 19.5 Å². The van der Waals surface area contributed by atoms with Gasteiger partial charge in [0.2, 0.25) is 0 Å². The molecule has 0 radical (unpaired) electrons. The number of nitrogens with zero attached hydrogens (tertiary/aromatic N) is 1. The van der Waals surface area contributed by atoms with Gasteiger partial charge in [0.1, 0.15) is 6.04 Å². The summed E-state index contributed by atoms with van der Waals surface area (Å²) in [7, 11) is 0. The average Bonchev–Trinajstić information content (AvgIpc) is 2.90. The maximum absolute atomic E-state index is 13.2. The lowest BCUT2D eigenvalue weighted by Gasteiger charge is -2.31. The van der Waals surface area contributed by atoms with Gasteiger partial charge >= 0.3 is 12.1 Å². The largest absolute Gasteiger partial charge is 0.480 e. The van der Waals surface area contributed by atoms with Gasteiger partial charge in [-0.05, 0) is 79.5 Å². The van der Waals surface area contributed by atoms with Gasteiger partial charge in [-0.25, -0.2) is 9.59 Å². The van der Waals surface area contributed by atoms with Crippen molar-refractivity contribution in [3.05, 3.63) is 59.2 Å². The molecule has 0 aliphatic carbocycles. The Labute approximate surface area is 223 Å². The van der Waals surface area contributed by atoms with Crippen molar-refractivity contribution >= 4 is 29.7 Å². The molecule has 1 unspecified atom stereocenters. The third kappa shape index (κ3) is 7.97. The van der Waals surface area contributed by atoms with Gasteiger partial charge in [-0.15, -0.1) is 0 Å². The number of likely N-dealkylation sites (tertiary alicyclic amines) is 1. The first-order chi connectivity index (χ1) is 17.8. The molecule has 1 atom stereocenters. The molecule has 0 spiro atoms. The van der Waals surface area contributed by atoms with Gasteiger partial charge in [0.25, 0.3) is 5.91 Å². The average molecular weight is 528 g/mol. The van der Waals surface area contributed by atoms with Crippen LogP contribution in [0.25, 0.3) is 11.1 Å². The van der Waals surface area contributed by atoms with E-state index in [0.29, 0.717) is 44.0 Å². The molecule has 0 bridgehead atoms. The molecule has 1 aliphatic rings. The van der Waals surface area contributed by atoms with E-state index in [0.717, 1.165) is 35.1 Å². The minimum atomic E-state index is -1.03. The maximum atomic E-state index is 13.2. The third-order valence-electron chi connectivity index (χ3n) is 6.59. The number of nitrogens with one attached hydrogen (secondary N) is 2. The van der Waals surface area contributed by atoms with Crippen LogP contribution in [0.15, 0.2) is 42.5 Å². The van der Waals surface area contributed by atoms with Crippen LogP contribution in [0.3, 0.4) is 0 Å². The summed E-state index contributed by atoms with van der Waals surface area (Å²) in [6.07, 6.45) is 3.70. The van der Waals surface area contributed by atoms with Crippen LogP contribution in [0.2, 0.25) is 0 Å². The van der Waals surface area contributed by atoms with Gasteiger partial charge < -0.3 is 25.4 Å². The van der Waals surface area contributed by atoms with Crippen LogP contribution >= 0.6 is 11.8 Å². The second-order valence-electron chi connectivity index (χ2n) is 9.18. The molecular formula is C28H37N3O5S. The molecule has 8 nitrogen and oxygen atoms in total. The molecule has 37 heavy (non-hydrogen) atoms. The van der Waals surface area contributed by atoms with Crippen molar-refractivity contribution < 1.29 is 24.2 Å². The predicted octanol–water partition coefficient (Wildman–Crippen LogP) is 4.31. The van der Waals surface area contributed by atoms with Crippen LogP contribution in [-0.2, 0) is 16.1 Å². The lowest BCUT2D eigenvalue weighted by atomic mass is 9.93. The molecule has 2 aromatic carbocycles. The second-order valence-corrected chi connectivity index (χ2v) is 10.2. The van der Waals surface area contributed by atoms with E-state index in [-0.39, 0.29) is 12.1 Å². The monoisotopic (exact) mass is 527 g/mol. The van der Waals surface area contributed by atoms with E-state index >= 15 is 0 Å². The minimum Gasteiger partial charge on any atom is -0.480 e. The van der Waals surface area contributed by atoms with Crippen LogP contribution in [0, 0.1) is 6.92 Å². The van der Waals surface area contributed by atoms with Gasteiger partial charge in [-0.2, -0.15) is 11.8 Å².